The Hall–Kier alpha value is -2.89. The van der Waals surface area contributed by atoms with Gasteiger partial charge in [-0.3, -0.25) is 0 Å². The lowest BCUT2D eigenvalue weighted by Gasteiger charge is -2.01. The first-order chi connectivity index (χ1) is 11.3. The van der Waals surface area contributed by atoms with E-state index in [1.165, 1.54) is 15.5 Å². The van der Waals surface area contributed by atoms with Crippen LogP contribution in [0.2, 0.25) is 0 Å². The Morgan fingerprint density at radius 2 is 1.70 bits per heavy atom. The van der Waals surface area contributed by atoms with Crippen LogP contribution >= 0.6 is 11.3 Å². The van der Waals surface area contributed by atoms with Gasteiger partial charge in [0.1, 0.15) is 0 Å². The lowest BCUT2D eigenvalue weighted by Crippen LogP contribution is -1.81. The van der Waals surface area contributed by atoms with Crippen LogP contribution in [0.1, 0.15) is 11.1 Å². The zero-order valence-electron chi connectivity index (χ0n) is 12.4. The second-order valence-corrected chi connectivity index (χ2v) is 6.33. The predicted octanol–water partition coefficient (Wildman–Crippen LogP) is 6.12. The summed E-state index contributed by atoms with van der Waals surface area (Å²) in [5.74, 6) is 0. The van der Waals surface area contributed by atoms with Gasteiger partial charge in [0.05, 0.1) is 11.6 Å². The number of fused-ring (bicyclic) bond motifs is 2. The fourth-order valence-electron chi connectivity index (χ4n) is 2.82. The van der Waals surface area contributed by atoms with Gasteiger partial charge in [0, 0.05) is 21.0 Å². The van der Waals surface area contributed by atoms with Gasteiger partial charge in [-0.25, -0.2) is 0 Å². The molecular weight excluding hydrogens is 298 g/mol. The molecule has 23 heavy (non-hydrogen) atoms. The first-order valence-electron chi connectivity index (χ1n) is 7.42. The van der Waals surface area contributed by atoms with Crippen LogP contribution in [0.5, 0.6) is 0 Å². The van der Waals surface area contributed by atoms with Crippen molar-refractivity contribution in [3.05, 3.63) is 83.2 Å². The minimum Gasteiger partial charge on any atom is -0.192 e. The molecule has 0 N–H and O–H groups in total. The van der Waals surface area contributed by atoms with Crippen LogP contribution in [-0.4, -0.2) is 0 Å². The minimum atomic E-state index is 0.706. The molecule has 0 bridgehead atoms. The van der Waals surface area contributed by atoms with E-state index in [1.54, 1.807) is 11.3 Å². The third-order valence-electron chi connectivity index (χ3n) is 3.98. The lowest BCUT2D eigenvalue weighted by molar-refractivity contribution is 1.54. The van der Waals surface area contributed by atoms with Gasteiger partial charge in [0.15, 0.2) is 0 Å². The van der Waals surface area contributed by atoms with E-state index in [9.17, 15) is 5.26 Å². The molecule has 0 spiro atoms. The summed E-state index contributed by atoms with van der Waals surface area (Å²) in [6.07, 6.45) is 1.97. The Kier molecular flexibility index (Phi) is 3.42. The molecule has 4 rings (SSSR count). The monoisotopic (exact) mass is 311 g/mol. The summed E-state index contributed by atoms with van der Waals surface area (Å²) in [6.45, 7) is 0. The maximum atomic E-state index is 9.62. The number of benzene rings is 3. The third-order valence-corrected chi connectivity index (χ3v) is 4.94. The number of nitriles is 1. The van der Waals surface area contributed by atoms with Crippen molar-refractivity contribution in [1.82, 2.24) is 0 Å². The van der Waals surface area contributed by atoms with E-state index < -0.39 is 0 Å². The van der Waals surface area contributed by atoms with Crippen LogP contribution < -0.4 is 0 Å². The van der Waals surface area contributed by atoms with Crippen molar-refractivity contribution in [3.63, 3.8) is 0 Å². The van der Waals surface area contributed by atoms with Gasteiger partial charge in [-0.2, -0.15) is 5.26 Å². The van der Waals surface area contributed by atoms with Gasteiger partial charge in [-0.05, 0) is 34.5 Å². The Bertz CT molecular complexity index is 1080. The molecule has 1 aromatic heterocycles. The number of rotatable bonds is 2. The molecule has 0 atom stereocenters. The molecule has 0 amide bonds. The second kappa shape index (κ2) is 5.72. The third kappa shape index (κ3) is 2.52. The molecule has 0 aliphatic rings. The van der Waals surface area contributed by atoms with Crippen molar-refractivity contribution < 1.29 is 0 Å². The van der Waals surface area contributed by atoms with Crippen molar-refractivity contribution in [2.24, 2.45) is 0 Å². The summed E-state index contributed by atoms with van der Waals surface area (Å²) in [4.78, 5) is 0. The summed E-state index contributed by atoms with van der Waals surface area (Å²) in [5.41, 5.74) is 2.77. The van der Waals surface area contributed by atoms with Crippen molar-refractivity contribution in [2.45, 2.75) is 0 Å². The average molecular weight is 311 g/mol. The van der Waals surface area contributed by atoms with Crippen LogP contribution in [-0.2, 0) is 0 Å². The van der Waals surface area contributed by atoms with E-state index >= 15 is 0 Å². The lowest BCUT2D eigenvalue weighted by atomic mass is 10.0. The molecule has 0 aliphatic carbocycles. The van der Waals surface area contributed by atoms with Crippen molar-refractivity contribution in [1.29, 1.82) is 5.26 Å². The SMILES string of the molecule is N#C/C(=C/c1ccc2ccccc2c1)c1csc2ccccc12. The van der Waals surface area contributed by atoms with Crippen LogP contribution in [0.25, 0.3) is 32.5 Å². The maximum Gasteiger partial charge on any atom is 0.0998 e. The summed E-state index contributed by atoms with van der Waals surface area (Å²) in [6, 6.07) is 25.1. The molecule has 108 valence electrons. The van der Waals surface area contributed by atoms with E-state index in [0.29, 0.717) is 5.57 Å². The number of allylic oxidation sites excluding steroid dienone is 1. The highest BCUT2D eigenvalue weighted by atomic mass is 32.1. The molecular formula is C21H13NS. The van der Waals surface area contributed by atoms with Gasteiger partial charge >= 0.3 is 0 Å². The molecule has 2 heteroatoms. The van der Waals surface area contributed by atoms with Crippen LogP contribution in [0, 0.1) is 11.3 Å². The van der Waals surface area contributed by atoms with Crippen LogP contribution in [0.4, 0.5) is 0 Å². The van der Waals surface area contributed by atoms with E-state index in [0.717, 1.165) is 16.5 Å². The first-order valence-corrected chi connectivity index (χ1v) is 8.30. The highest BCUT2D eigenvalue weighted by molar-refractivity contribution is 7.17. The Labute approximate surface area is 138 Å². The first kappa shape index (κ1) is 13.8. The Morgan fingerprint density at radius 3 is 2.57 bits per heavy atom. The van der Waals surface area contributed by atoms with Crippen LogP contribution in [0.3, 0.4) is 0 Å². The molecule has 0 fully saturated rings. The van der Waals surface area contributed by atoms with E-state index in [1.807, 2.05) is 30.3 Å². The Balaban J connectivity index is 1.85. The molecule has 0 radical (unpaired) electrons. The van der Waals surface area contributed by atoms with Gasteiger partial charge < -0.3 is 0 Å². The van der Waals surface area contributed by atoms with Gasteiger partial charge in [0.2, 0.25) is 0 Å². The number of thiophene rings is 1. The topological polar surface area (TPSA) is 23.8 Å². The molecule has 0 saturated carbocycles. The number of hydrogen-bond donors (Lipinski definition) is 0. The number of nitrogens with zero attached hydrogens (tertiary/aromatic N) is 1. The zero-order chi connectivity index (χ0) is 15.6. The van der Waals surface area contributed by atoms with Crippen molar-refractivity contribution in [3.8, 4) is 6.07 Å². The summed E-state index contributed by atoms with van der Waals surface area (Å²) in [7, 11) is 0. The van der Waals surface area contributed by atoms with Gasteiger partial charge in [0.25, 0.3) is 0 Å². The molecule has 4 aromatic rings. The smallest absolute Gasteiger partial charge is 0.0998 e. The van der Waals surface area contributed by atoms with Gasteiger partial charge in [-0.15, -0.1) is 11.3 Å². The molecule has 1 nitrogen and oxygen atoms in total. The van der Waals surface area contributed by atoms with Crippen LogP contribution in [0.15, 0.2) is 72.1 Å². The van der Waals surface area contributed by atoms with E-state index in [-0.39, 0.29) is 0 Å². The molecule has 3 aromatic carbocycles. The highest BCUT2D eigenvalue weighted by Gasteiger charge is 2.08. The van der Waals surface area contributed by atoms with E-state index in [4.69, 9.17) is 0 Å². The van der Waals surface area contributed by atoms with Crippen molar-refractivity contribution >= 4 is 43.8 Å². The predicted molar refractivity (Wildman–Crippen MR) is 99.3 cm³/mol. The quantitative estimate of drug-likeness (QED) is 0.409. The Morgan fingerprint density at radius 1 is 0.913 bits per heavy atom. The molecule has 1 heterocycles. The summed E-state index contributed by atoms with van der Waals surface area (Å²) in [5, 5.41) is 15.2. The highest BCUT2D eigenvalue weighted by Crippen LogP contribution is 2.31. The molecule has 0 unspecified atom stereocenters. The largest absolute Gasteiger partial charge is 0.192 e. The zero-order valence-corrected chi connectivity index (χ0v) is 13.2. The minimum absolute atomic E-state index is 0.706. The number of hydrogen-bond acceptors (Lipinski definition) is 2. The fourth-order valence-corrected chi connectivity index (χ4v) is 3.78. The summed E-state index contributed by atoms with van der Waals surface area (Å²) >= 11 is 1.68. The summed E-state index contributed by atoms with van der Waals surface area (Å²) < 4.78 is 1.21. The average Bonchev–Trinajstić information content (AvgIpc) is 3.03. The normalized spacial score (nSPS) is 11.7. The molecule has 0 aliphatic heterocycles. The van der Waals surface area contributed by atoms with Gasteiger partial charge in [-0.1, -0.05) is 54.6 Å². The molecule has 0 saturated heterocycles. The maximum absolute atomic E-state index is 9.62. The van der Waals surface area contributed by atoms with Crippen molar-refractivity contribution in [2.75, 3.05) is 0 Å². The fraction of sp³-hybridized carbons (Fsp3) is 0. The van der Waals surface area contributed by atoms with E-state index in [2.05, 4.69) is 53.9 Å². The standard InChI is InChI=1S/C21H13NS/c22-13-18(20-14-23-21-8-4-3-7-19(20)21)12-15-9-10-16-5-1-2-6-17(16)11-15/h1-12,14H/b18-12-. The second-order valence-electron chi connectivity index (χ2n) is 5.42.